The van der Waals surface area contributed by atoms with Gasteiger partial charge in [0, 0.05) is 17.8 Å². The molecule has 3 aromatic rings. The predicted molar refractivity (Wildman–Crippen MR) is 83.8 cm³/mol. The first-order chi connectivity index (χ1) is 10.2. The molecule has 1 atom stereocenters. The number of fused-ring (bicyclic) bond motifs is 1. The average Bonchev–Trinajstić information content (AvgIpc) is 3.05. The van der Waals surface area contributed by atoms with Crippen molar-refractivity contribution >= 4 is 16.3 Å². The fourth-order valence-corrected chi connectivity index (χ4v) is 2.85. The van der Waals surface area contributed by atoms with Crippen LogP contribution in [0, 0.1) is 0 Å². The van der Waals surface area contributed by atoms with Gasteiger partial charge in [0.15, 0.2) is 4.96 Å². The van der Waals surface area contributed by atoms with Gasteiger partial charge in [0.25, 0.3) is 0 Å². The van der Waals surface area contributed by atoms with Crippen molar-refractivity contribution in [3.8, 4) is 5.75 Å². The van der Waals surface area contributed by atoms with E-state index in [0.717, 1.165) is 29.2 Å². The molecule has 0 aliphatic rings. The van der Waals surface area contributed by atoms with Gasteiger partial charge in [-0.1, -0.05) is 12.1 Å². The minimum Gasteiger partial charge on any atom is -0.487 e. The van der Waals surface area contributed by atoms with Crippen LogP contribution in [0.2, 0.25) is 0 Å². The zero-order chi connectivity index (χ0) is 14.7. The second kappa shape index (κ2) is 6.28. The molecule has 2 heterocycles. The molecule has 5 heteroatoms. The number of aliphatic hydroxyl groups is 1. The molecular formula is C16H18N2O2S. The number of aliphatic hydroxyl groups excluding tert-OH is 1. The lowest BCUT2D eigenvalue weighted by molar-refractivity contribution is 0.185. The van der Waals surface area contributed by atoms with Crippen LogP contribution in [-0.4, -0.2) is 20.6 Å². The first kappa shape index (κ1) is 14.1. The summed E-state index contributed by atoms with van der Waals surface area (Å²) >= 11 is 1.62. The summed E-state index contributed by atoms with van der Waals surface area (Å²) in [5, 5.41) is 11.3. The van der Waals surface area contributed by atoms with Crippen molar-refractivity contribution in [1.82, 2.24) is 9.38 Å². The van der Waals surface area contributed by atoms with Crippen molar-refractivity contribution in [2.75, 3.05) is 0 Å². The summed E-state index contributed by atoms with van der Waals surface area (Å²) in [5.74, 6) is 0.840. The number of imidazole rings is 1. The minimum absolute atomic E-state index is 0.254. The molecule has 110 valence electrons. The lowest BCUT2D eigenvalue weighted by Gasteiger charge is -2.07. The lowest BCUT2D eigenvalue weighted by Crippen LogP contribution is -2.01. The van der Waals surface area contributed by atoms with Crippen LogP contribution in [-0.2, 0) is 13.0 Å². The van der Waals surface area contributed by atoms with E-state index in [9.17, 15) is 5.11 Å². The summed E-state index contributed by atoms with van der Waals surface area (Å²) in [4.78, 5) is 5.47. The molecule has 4 nitrogen and oxygen atoms in total. The minimum atomic E-state index is -0.254. The SMILES string of the molecule is CC(O)CCc1ccc(OCc2cn3ccsc3n2)cc1. The fraction of sp³-hybridized carbons (Fsp3) is 0.312. The van der Waals surface area contributed by atoms with Gasteiger partial charge >= 0.3 is 0 Å². The summed E-state index contributed by atoms with van der Waals surface area (Å²) in [7, 11) is 0. The summed E-state index contributed by atoms with van der Waals surface area (Å²) in [6.45, 7) is 2.29. The number of thiazole rings is 1. The van der Waals surface area contributed by atoms with Gasteiger partial charge < -0.3 is 9.84 Å². The van der Waals surface area contributed by atoms with Crippen LogP contribution in [0.5, 0.6) is 5.75 Å². The first-order valence-electron chi connectivity index (χ1n) is 7.01. The van der Waals surface area contributed by atoms with Crippen molar-refractivity contribution < 1.29 is 9.84 Å². The number of hydrogen-bond donors (Lipinski definition) is 1. The van der Waals surface area contributed by atoms with Gasteiger partial charge in [-0.25, -0.2) is 4.98 Å². The third kappa shape index (κ3) is 3.62. The van der Waals surface area contributed by atoms with E-state index in [4.69, 9.17) is 4.74 Å². The molecule has 0 fully saturated rings. The Morgan fingerprint density at radius 1 is 1.33 bits per heavy atom. The third-order valence-electron chi connectivity index (χ3n) is 3.30. The molecule has 0 saturated carbocycles. The van der Waals surface area contributed by atoms with E-state index in [-0.39, 0.29) is 6.10 Å². The Kier molecular flexibility index (Phi) is 4.22. The van der Waals surface area contributed by atoms with Crippen molar-refractivity contribution in [3.05, 3.63) is 53.3 Å². The maximum absolute atomic E-state index is 9.29. The molecule has 1 unspecified atom stereocenters. The summed E-state index contributed by atoms with van der Waals surface area (Å²) in [6, 6.07) is 8.03. The normalized spacial score (nSPS) is 12.7. The molecule has 1 N–H and O–H groups in total. The van der Waals surface area contributed by atoms with E-state index < -0.39 is 0 Å². The Morgan fingerprint density at radius 3 is 2.86 bits per heavy atom. The molecule has 3 rings (SSSR count). The number of aromatic nitrogens is 2. The second-order valence-electron chi connectivity index (χ2n) is 5.15. The molecule has 0 aliphatic heterocycles. The molecule has 1 aromatic carbocycles. The Balaban J connectivity index is 1.56. The second-order valence-corrected chi connectivity index (χ2v) is 6.02. The summed E-state index contributed by atoms with van der Waals surface area (Å²) < 4.78 is 7.75. The van der Waals surface area contributed by atoms with Crippen LogP contribution in [0.3, 0.4) is 0 Å². The van der Waals surface area contributed by atoms with Crippen molar-refractivity contribution in [2.45, 2.75) is 32.5 Å². The van der Waals surface area contributed by atoms with Gasteiger partial charge in [0.1, 0.15) is 12.4 Å². The summed E-state index contributed by atoms with van der Waals surface area (Å²) in [5.41, 5.74) is 2.14. The van der Waals surface area contributed by atoms with Gasteiger partial charge in [0.2, 0.25) is 0 Å². The van der Waals surface area contributed by atoms with Crippen molar-refractivity contribution in [2.24, 2.45) is 0 Å². The van der Waals surface area contributed by atoms with Gasteiger partial charge in [-0.05, 0) is 37.5 Å². The van der Waals surface area contributed by atoms with Crippen LogP contribution in [0.15, 0.2) is 42.0 Å². The monoisotopic (exact) mass is 302 g/mol. The standard InChI is InChI=1S/C16H18N2O2S/c1-12(19)2-3-13-4-6-15(7-5-13)20-11-14-10-18-8-9-21-16(18)17-14/h4-10,12,19H,2-3,11H2,1H3. The van der Waals surface area contributed by atoms with Crippen LogP contribution in [0.4, 0.5) is 0 Å². The number of ether oxygens (including phenoxy) is 1. The smallest absolute Gasteiger partial charge is 0.193 e. The third-order valence-corrected chi connectivity index (χ3v) is 4.07. The molecule has 0 spiro atoms. The molecular weight excluding hydrogens is 284 g/mol. The van der Waals surface area contributed by atoms with E-state index in [1.807, 2.05) is 53.4 Å². The van der Waals surface area contributed by atoms with E-state index in [1.54, 1.807) is 11.3 Å². The van der Waals surface area contributed by atoms with E-state index >= 15 is 0 Å². The maximum Gasteiger partial charge on any atom is 0.193 e. The number of hydrogen-bond acceptors (Lipinski definition) is 4. The van der Waals surface area contributed by atoms with Crippen LogP contribution in [0.25, 0.3) is 4.96 Å². The van der Waals surface area contributed by atoms with Crippen LogP contribution in [0.1, 0.15) is 24.6 Å². The quantitative estimate of drug-likeness (QED) is 0.760. The maximum atomic E-state index is 9.29. The Labute approximate surface area is 127 Å². The van der Waals surface area contributed by atoms with Crippen LogP contribution < -0.4 is 4.74 Å². The molecule has 0 amide bonds. The molecule has 2 aromatic heterocycles. The molecule has 21 heavy (non-hydrogen) atoms. The highest BCUT2D eigenvalue weighted by Gasteiger charge is 2.04. The van der Waals surface area contributed by atoms with E-state index in [1.165, 1.54) is 5.56 Å². The topological polar surface area (TPSA) is 46.8 Å². The van der Waals surface area contributed by atoms with Gasteiger partial charge in [-0.3, -0.25) is 4.40 Å². The van der Waals surface area contributed by atoms with E-state index in [2.05, 4.69) is 4.98 Å². The average molecular weight is 302 g/mol. The summed E-state index contributed by atoms with van der Waals surface area (Å²) in [6.07, 6.45) is 5.40. The lowest BCUT2D eigenvalue weighted by atomic mass is 10.1. The number of nitrogens with zero attached hydrogens (tertiary/aromatic N) is 2. The molecule has 0 radical (unpaired) electrons. The first-order valence-corrected chi connectivity index (χ1v) is 7.89. The van der Waals surface area contributed by atoms with Crippen molar-refractivity contribution in [3.63, 3.8) is 0 Å². The molecule has 0 bridgehead atoms. The largest absolute Gasteiger partial charge is 0.487 e. The van der Waals surface area contributed by atoms with E-state index in [0.29, 0.717) is 6.61 Å². The van der Waals surface area contributed by atoms with Gasteiger partial charge in [0.05, 0.1) is 11.8 Å². The van der Waals surface area contributed by atoms with Crippen molar-refractivity contribution in [1.29, 1.82) is 0 Å². The van der Waals surface area contributed by atoms with Gasteiger partial charge in [-0.2, -0.15) is 0 Å². The zero-order valence-corrected chi connectivity index (χ0v) is 12.7. The van der Waals surface area contributed by atoms with Crippen LogP contribution >= 0.6 is 11.3 Å². The highest BCUT2D eigenvalue weighted by atomic mass is 32.1. The number of rotatable bonds is 6. The molecule has 0 aliphatic carbocycles. The fourth-order valence-electron chi connectivity index (χ4n) is 2.13. The predicted octanol–water partition coefficient (Wildman–Crippen LogP) is 3.29. The number of aryl methyl sites for hydroxylation is 1. The highest BCUT2D eigenvalue weighted by Crippen LogP contribution is 2.17. The Bertz CT molecular complexity index is 672. The molecule has 0 saturated heterocycles. The zero-order valence-electron chi connectivity index (χ0n) is 11.9. The Hall–Kier alpha value is -1.85. The van der Waals surface area contributed by atoms with Gasteiger partial charge in [-0.15, -0.1) is 11.3 Å². The highest BCUT2D eigenvalue weighted by molar-refractivity contribution is 7.15. The Morgan fingerprint density at radius 2 is 2.14 bits per heavy atom. The number of benzene rings is 1.